The van der Waals surface area contributed by atoms with Gasteiger partial charge in [-0.3, -0.25) is 4.79 Å². The lowest BCUT2D eigenvalue weighted by molar-refractivity contribution is -0.115. The van der Waals surface area contributed by atoms with E-state index in [0.29, 0.717) is 23.2 Å². The number of aryl methyl sites for hydroxylation is 1. The van der Waals surface area contributed by atoms with Crippen molar-refractivity contribution < 1.29 is 13.6 Å². The van der Waals surface area contributed by atoms with E-state index in [-0.39, 0.29) is 17.4 Å². The minimum absolute atomic E-state index is 0.134. The van der Waals surface area contributed by atoms with Crippen molar-refractivity contribution in [3.8, 4) is 11.5 Å². The molecule has 0 aliphatic heterocycles. The van der Waals surface area contributed by atoms with Gasteiger partial charge in [0.1, 0.15) is 11.3 Å². The van der Waals surface area contributed by atoms with E-state index in [1.54, 1.807) is 6.92 Å². The largest absolute Gasteiger partial charge is 0.436 e. The third-order valence-electron chi connectivity index (χ3n) is 3.34. The van der Waals surface area contributed by atoms with Gasteiger partial charge in [-0.2, -0.15) is 0 Å². The number of oxazole rings is 1. The molecule has 1 N–H and O–H groups in total. The molecule has 1 heterocycles. The molecule has 0 saturated heterocycles. The lowest BCUT2D eigenvalue weighted by Gasteiger charge is -2.05. The Balaban J connectivity index is 2.04. The number of anilines is 1. The number of benzene rings is 2. The molecule has 0 aliphatic rings. The molecule has 0 unspecified atom stereocenters. The Bertz CT molecular complexity index is 855. The highest BCUT2D eigenvalue weighted by Gasteiger charge is 2.14. The summed E-state index contributed by atoms with van der Waals surface area (Å²) in [5.41, 5.74) is 3.07. The van der Waals surface area contributed by atoms with E-state index in [1.807, 2.05) is 25.1 Å². The highest BCUT2D eigenvalue weighted by Crippen LogP contribution is 2.29. The number of nitrogens with zero attached hydrogens (tertiary/aromatic N) is 1. The van der Waals surface area contributed by atoms with Gasteiger partial charge in [0.05, 0.1) is 5.56 Å². The van der Waals surface area contributed by atoms with Crippen molar-refractivity contribution in [2.45, 2.75) is 20.3 Å². The predicted molar refractivity (Wildman–Crippen MR) is 83.1 cm³/mol. The fraction of sp³-hybridized carbons (Fsp3) is 0.176. The molecule has 3 aromatic rings. The maximum Gasteiger partial charge on any atom is 0.230 e. The topological polar surface area (TPSA) is 55.1 Å². The molecular formula is C17H15FN2O2. The molecule has 5 heteroatoms. The van der Waals surface area contributed by atoms with Gasteiger partial charge in [0.15, 0.2) is 5.58 Å². The van der Waals surface area contributed by atoms with Gasteiger partial charge in [-0.05, 0) is 42.8 Å². The average Bonchev–Trinajstić information content (AvgIpc) is 2.91. The zero-order valence-electron chi connectivity index (χ0n) is 12.3. The van der Waals surface area contributed by atoms with E-state index in [4.69, 9.17) is 4.42 Å². The molecule has 0 radical (unpaired) electrons. The van der Waals surface area contributed by atoms with Gasteiger partial charge >= 0.3 is 0 Å². The molecule has 1 amide bonds. The van der Waals surface area contributed by atoms with Crippen molar-refractivity contribution in [1.29, 1.82) is 0 Å². The first-order chi connectivity index (χ1) is 10.6. The Hall–Kier alpha value is -2.69. The van der Waals surface area contributed by atoms with Crippen LogP contribution in [-0.2, 0) is 4.79 Å². The standard InChI is InChI=1S/C17H15FN2O2/c1-3-16(21)19-11-5-6-13(18)12(9-11)17-20-14-8-10(2)4-7-15(14)22-17/h4-9H,3H2,1-2H3,(H,19,21). The van der Waals surface area contributed by atoms with Crippen molar-refractivity contribution in [3.63, 3.8) is 0 Å². The summed E-state index contributed by atoms with van der Waals surface area (Å²) in [6, 6.07) is 9.93. The van der Waals surface area contributed by atoms with Gasteiger partial charge in [-0.15, -0.1) is 0 Å². The Kier molecular flexibility index (Phi) is 3.63. The van der Waals surface area contributed by atoms with Crippen LogP contribution in [0.25, 0.3) is 22.6 Å². The molecule has 1 aromatic heterocycles. The van der Waals surface area contributed by atoms with Crippen molar-refractivity contribution in [3.05, 3.63) is 47.8 Å². The molecule has 0 aliphatic carbocycles. The maximum absolute atomic E-state index is 14.1. The summed E-state index contributed by atoms with van der Waals surface area (Å²) in [6.45, 7) is 3.71. The van der Waals surface area contributed by atoms with Crippen LogP contribution >= 0.6 is 0 Å². The molecular weight excluding hydrogens is 283 g/mol. The number of nitrogens with one attached hydrogen (secondary N) is 1. The number of carbonyl (C=O) groups excluding carboxylic acids is 1. The molecule has 0 saturated carbocycles. The van der Waals surface area contributed by atoms with Crippen LogP contribution in [0.1, 0.15) is 18.9 Å². The van der Waals surface area contributed by atoms with Crippen molar-refractivity contribution in [2.75, 3.05) is 5.32 Å². The van der Waals surface area contributed by atoms with Crippen LogP contribution in [-0.4, -0.2) is 10.9 Å². The summed E-state index contributed by atoms with van der Waals surface area (Å²) in [7, 11) is 0. The number of amides is 1. The molecule has 0 bridgehead atoms. The van der Waals surface area contributed by atoms with Crippen molar-refractivity contribution in [2.24, 2.45) is 0 Å². The SMILES string of the molecule is CCC(=O)Nc1ccc(F)c(-c2nc3cc(C)ccc3o2)c1. The van der Waals surface area contributed by atoms with E-state index >= 15 is 0 Å². The second-order valence-electron chi connectivity index (χ2n) is 5.09. The summed E-state index contributed by atoms with van der Waals surface area (Å²) in [6.07, 6.45) is 0.356. The first kappa shape index (κ1) is 14.3. The number of halogens is 1. The summed E-state index contributed by atoms with van der Waals surface area (Å²) in [5.74, 6) is -0.380. The third-order valence-corrected chi connectivity index (χ3v) is 3.34. The van der Waals surface area contributed by atoms with E-state index in [0.717, 1.165) is 5.56 Å². The summed E-state index contributed by atoms with van der Waals surface area (Å²) in [5, 5.41) is 2.70. The third kappa shape index (κ3) is 2.70. The van der Waals surface area contributed by atoms with Gasteiger partial charge in [0.2, 0.25) is 11.8 Å². The van der Waals surface area contributed by atoms with Crippen LogP contribution in [0.3, 0.4) is 0 Å². The van der Waals surface area contributed by atoms with Crippen LogP contribution in [0.15, 0.2) is 40.8 Å². The number of fused-ring (bicyclic) bond motifs is 1. The van der Waals surface area contributed by atoms with Crippen molar-refractivity contribution >= 4 is 22.7 Å². The molecule has 112 valence electrons. The van der Waals surface area contributed by atoms with E-state index in [9.17, 15) is 9.18 Å². The van der Waals surface area contributed by atoms with Crippen LogP contribution < -0.4 is 5.32 Å². The molecule has 3 rings (SSSR count). The lowest BCUT2D eigenvalue weighted by atomic mass is 10.2. The van der Waals surface area contributed by atoms with Gasteiger partial charge in [0.25, 0.3) is 0 Å². The normalized spacial score (nSPS) is 10.9. The number of rotatable bonds is 3. The molecule has 2 aromatic carbocycles. The quantitative estimate of drug-likeness (QED) is 0.784. The Morgan fingerprint density at radius 3 is 2.86 bits per heavy atom. The van der Waals surface area contributed by atoms with Crippen LogP contribution in [0, 0.1) is 12.7 Å². The number of hydrogen-bond donors (Lipinski definition) is 1. The van der Waals surface area contributed by atoms with E-state index < -0.39 is 5.82 Å². The number of hydrogen-bond acceptors (Lipinski definition) is 3. The van der Waals surface area contributed by atoms with E-state index in [1.165, 1.54) is 18.2 Å². The summed E-state index contributed by atoms with van der Waals surface area (Å²) < 4.78 is 19.7. The predicted octanol–water partition coefficient (Wildman–Crippen LogP) is 4.29. The number of carbonyl (C=O) groups is 1. The second kappa shape index (κ2) is 5.60. The van der Waals surface area contributed by atoms with Crippen LogP contribution in [0.4, 0.5) is 10.1 Å². The van der Waals surface area contributed by atoms with Gasteiger partial charge in [0, 0.05) is 12.1 Å². The zero-order valence-corrected chi connectivity index (χ0v) is 12.3. The smallest absolute Gasteiger partial charge is 0.230 e. The van der Waals surface area contributed by atoms with Gasteiger partial charge < -0.3 is 9.73 Å². The minimum atomic E-state index is -0.447. The molecule has 22 heavy (non-hydrogen) atoms. The van der Waals surface area contributed by atoms with Crippen LogP contribution in [0.5, 0.6) is 0 Å². The maximum atomic E-state index is 14.1. The lowest BCUT2D eigenvalue weighted by Crippen LogP contribution is -2.09. The monoisotopic (exact) mass is 298 g/mol. The van der Waals surface area contributed by atoms with Gasteiger partial charge in [-0.1, -0.05) is 13.0 Å². The summed E-state index contributed by atoms with van der Waals surface area (Å²) >= 11 is 0. The average molecular weight is 298 g/mol. The highest BCUT2D eigenvalue weighted by atomic mass is 19.1. The van der Waals surface area contributed by atoms with Gasteiger partial charge in [-0.25, -0.2) is 9.37 Å². The van der Waals surface area contributed by atoms with E-state index in [2.05, 4.69) is 10.3 Å². The first-order valence-electron chi connectivity index (χ1n) is 7.04. The Labute approximate surface area is 127 Å². The highest BCUT2D eigenvalue weighted by molar-refractivity contribution is 5.91. The first-order valence-corrected chi connectivity index (χ1v) is 7.04. The van der Waals surface area contributed by atoms with Crippen molar-refractivity contribution in [1.82, 2.24) is 4.98 Å². The Morgan fingerprint density at radius 1 is 1.27 bits per heavy atom. The summed E-state index contributed by atoms with van der Waals surface area (Å²) in [4.78, 5) is 15.8. The molecule has 0 atom stereocenters. The Morgan fingerprint density at radius 2 is 2.09 bits per heavy atom. The number of aromatic nitrogens is 1. The molecule has 0 fully saturated rings. The fourth-order valence-corrected chi connectivity index (χ4v) is 2.17. The molecule has 4 nitrogen and oxygen atoms in total. The zero-order chi connectivity index (χ0) is 15.7. The molecule has 0 spiro atoms. The second-order valence-corrected chi connectivity index (χ2v) is 5.09. The fourth-order valence-electron chi connectivity index (χ4n) is 2.17. The van der Waals surface area contributed by atoms with Crippen LogP contribution in [0.2, 0.25) is 0 Å². The minimum Gasteiger partial charge on any atom is -0.436 e.